The summed E-state index contributed by atoms with van der Waals surface area (Å²) in [5, 5.41) is 11.0. The molecule has 0 atom stereocenters. The van der Waals surface area contributed by atoms with Gasteiger partial charge in [0.1, 0.15) is 4.90 Å². The molecule has 0 amide bonds. The van der Waals surface area contributed by atoms with Gasteiger partial charge in [0.05, 0.1) is 11.5 Å². The topological polar surface area (TPSA) is 69.6 Å². The van der Waals surface area contributed by atoms with E-state index < -0.39 is 10.0 Å². The first kappa shape index (κ1) is 16.6. The zero-order valence-electron chi connectivity index (χ0n) is 12.0. The summed E-state index contributed by atoms with van der Waals surface area (Å²) in [5.74, 6) is 0. The summed E-state index contributed by atoms with van der Waals surface area (Å²) in [6.45, 7) is 5.71. The van der Waals surface area contributed by atoms with E-state index in [-0.39, 0.29) is 17.0 Å². The van der Waals surface area contributed by atoms with E-state index >= 15 is 0 Å². The van der Waals surface area contributed by atoms with E-state index in [1.165, 1.54) is 11.3 Å². The van der Waals surface area contributed by atoms with Crippen LogP contribution in [0.25, 0.3) is 0 Å². The monoisotopic (exact) mass is 306 g/mol. The maximum absolute atomic E-state index is 12.3. The Morgan fingerprint density at radius 1 is 1.42 bits per heavy atom. The Hall–Kier alpha value is -0.470. The molecule has 1 aromatic heterocycles. The summed E-state index contributed by atoms with van der Waals surface area (Å²) in [6, 6.07) is 0. The van der Waals surface area contributed by atoms with E-state index in [1.54, 1.807) is 12.3 Å². The number of aliphatic hydroxyl groups excluding tert-OH is 1. The van der Waals surface area contributed by atoms with Crippen LogP contribution in [-0.2, 0) is 16.6 Å². The van der Waals surface area contributed by atoms with Crippen molar-refractivity contribution in [3.63, 3.8) is 0 Å². The largest absolute Gasteiger partial charge is 0.391 e. The summed E-state index contributed by atoms with van der Waals surface area (Å²) in [4.78, 5) is 2.66. The van der Waals surface area contributed by atoms with E-state index in [1.807, 2.05) is 32.8 Å². The number of hydrogen-bond donors (Lipinski definition) is 2. The molecule has 0 unspecified atom stereocenters. The quantitative estimate of drug-likeness (QED) is 0.828. The van der Waals surface area contributed by atoms with Crippen LogP contribution in [0.4, 0.5) is 0 Å². The lowest BCUT2D eigenvalue weighted by Gasteiger charge is -2.32. The number of nitrogens with zero attached hydrogens (tertiary/aromatic N) is 1. The van der Waals surface area contributed by atoms with Crippen molar-refractivity contribution in [3.8, 4) is 0 Å². The highest BCUT2D eigenvalue weighted by atomic mass is 32.2. The fourth-order valence-corrected chi connectivity index (χ4v) is 4.32. The molecule has 0 aliphatic rings. The Morgan fingerprint density at radius 2 is 2.00 bits per heavy atom. The molecule has 0 aromatic carbocycles. The Morgan fingerprint density at radius 3 is 2.47 bits per heavy atom. The third-order valence-corrected chi connectivity index (χ3v) is 6.16. The van der Waals surface area contributed by atoms with Crippen LogP contribution >= 0.6 is 11.3 Å². The van der Waals surface area contributed by atoms with Crippen LogP contribution in [0.5, 0.6) is 0 Å². The number of sulfonamides is 1. The molecule has 0 aliphatic heterocycles. The smallest absolute Gasteiger partial charge is 0.242 e. The molecule has 0 aliphatic carbocycles. The molecule has 0 fully saturated rings. The van der Waals surface area contributed by atoms with Crippen LogP contribution in [0.3, 0.4) is 0 Å². The number of hydrogen-bond acceptors (Lipinski definition) is 5. The predicted molar refractivity (Wildman–Crippen MR) is 77.9 cm³/mol. The molecule has 2 N–H and O–H groups in total. The maximum atomic E-state index is 12.3. The van der Waals surface area contributed by atoms with Crippen LogP contribution in [0.2, 0.25) is 0 Å². The standard InChI is InChI=1S/C12H22N2O3S2/c1-9-7-18-10(6-15)11(9)19(16,17)13-8-12(2,3)14(4)5/h7,13,15H,6,8H2,1-5H3. The van der Waals surface area contributed by atoms with E-state index in [4.69, 9.17) is 0 Å². The molecule has 0 spiro atoms. The number of aryl methyl sites for hydroxylation is 1. The molecule has 0 saturated carbocycles. The van der Waals surface area contributed by atoms with Gasteiger partial charge in [-0.1, -0.05) is 0 Å². The van der Waals surface area contributed by atoms with Gasteiger partial charge >= 0.3 is 0 Å². The molecule has 7 heteroatoms. The highest BCUT2D eigenvalue weighted by Gasteiger charge is 2.27. The number of likely N-dealkylation sites (N-methyl/N-ethyl adjacent to an activating group) is 1. The average Bonchev–Trinajstić information content (AvgIpc) is 2.68. The van der Waals surface area contributed by atoms with E-state index in [9.17, 15) is 13.5 Å². The Bertz CT molecular complexity index is 533. The summed E-state index contributed by atoms with van der Waals surface area (Å²) in [7, 11) is 0.229. The van der Waals surface area contributed by atoms with Crippen molar-refractivity contribution in [3.05, 3.63) is 15.8 Å². The number of nitrogens with one attached hydrogen (secondary N) is 1. The van der Waals surface area contributed by atoms with Crippen molar-refractivity contribution in [2.24, 2.45) is 0 Å². The normalized spacial score (nSPS) is 13.2. The SMILES string of the molecule is Cc1csc(CO)c1S(=O)(=O)NCC(C)(C)N(C)C. The molecule has 0 saturated heterocycles. The van der Waals surface area contributed by atoms with Crippen LogP contribution in [-0.4, -0.2) is 44.6 Å². The summed E-state index contributed by atoms with van der Waals surface area (Å²) >= 11 is 1.26. The van der Waals surface area contributed by atoms with Crippen LogP contribution in [0.1, 0.15) is 24.3 Å². The van der Waals surface area contributed by atoms with Gasteiger partial charge in [-0.15, -0.1) is 11.3 Å². The van der Waals surface area contributed by atoms with Gasteiger partial charge in [0.15, 0.2) is 0 Å². The van der Waals surface area contributed by atoms with Gasteiger partial charge in [-0.05, 0) is 45.8 Å². The van der Waals surface area contributed by atoms with Crippen LogP contribution in [0, 0.1) is 6.92 Å². The zero-order valence-corrected chi connectivity index (χ0v) is 13.7. The third-order valence-electron chi connectivity index (χ3n) is 3.31. The number of rotatable bonds is 6. The molecular formula is C12H22N2O3S2. The third kappa shape index (κ3) is 3.76. The minimum Gasteiger partial charge on any atom is -0.391 e. The molecule has 1 aromatic rings. The van der Waals surface area contributed by atoms with E-state index in [2.05, 4.69) is 4.72 Å². The predicted octanol–water partition coefficient (Wildman–Crippen LogP) is 1.17. The van der Waals surface area contributed by atoms with Crippen molar-refractivity contribution >= 4 is 21.4 Å². The first-order valence-electron chi connectivity index (χ1n) is 5.97. The molecule has 0 bridgehead atoms. The Labute approximate surface area is 119 Å². The second kappa shape index (κ2) is 5.88. The lowest BCUT2D eigenvalue weighted by molar-refractivity contribution is 0.199. The summed E-state index contributed by atoms with van der Waals surface area (Å²) in [5.41, 5.74) is 0.389. The van der Waals surface area contributed by atoms with Gasteiger partial charge in [0.25, 0.3) is 0 Å². The number of thiophene rings is 1. The Balaban J connectivity index is 2.97. The van der Waals surface area contributed by atoms with Crippen molar-refractivity contribution in [2.45, 2.75) is 37.8 Å². The molecule has 0 radical (unpaired) electrons. The first-order valence-corrected chi connectivity index (χ1v) is 8.33. The Kier molecular flexibility index (Phi) is 5.14. The van der Waals surface area contributed by atoms with Crippen molar-refractivity contribution in [1.29, 1.82) is 0 Å². The van der Waals surface area contributed by atoms with Crippen molar-refractivity contribution in [2.75, 3.05) is 20.6 Å². The van der Waals surface area contributed by atoms with Crippen LogP contribution < -0.4 is 4.72 Å². The maximum Gasteiger partial charge on any atom is 0.242 e. The van der Waals surface area contributed by atoms with Crippen molar-refractivity contribution < 1.29 is 13.5 Å². The number of aliphatic hydroxyl groups is 1. The van der Waals surface area contributed by atoms with Gasteiger partial charge in [0, 0.05) is 12.1 Å². The first-order chi connectivity index (χ1) is 8.62. The highest BCUT2D eigenvalue weighted by molar-refractivity contribution is 7.89. The van der Waals surface area contributed by atoms with E-state index in [0.29, 0.717) is 17.0 Å². The lowest BCUT2D eigenvalue weighted by atomic mass is 10.1. The second-order valence-electron chi connectivity index (χ2n) is 5.36. The van der Waals surface area contributed by atoms with Crippen molar-refractivity contribution in [1.82, 2.24) is 9.62 Å². The van der Waals surface area contributed by atoms with Gasteiger partial charge in [-0.3, -0.25) is 0 Å². The molecule has 5 nitrogen and oxygen atoms in total. The summed E-state index contributed by atoms with van der Waals surface area (Å²) in [6.07, 6.45) is 0. The minimum atomic E-state index is -3.58. The molecule has 19 heavy (non-hydrogen) atoms. The zero-order chi connectivity index (χ0) is 14.8. The fraction of sp³-hybridized carbons (Fsp3) is 0.667. The lowest BCUT2D eigenvalue weighted by Crippen LogP contribution is -2.48. The molecule has 110 valence electrons. The van der Waals surface area contributed by atoms with Gasteiger partial charge in [-0.2, -0.15) is 0 Å². The van der Waals surface area contributed by atoms with Gasteiger partial charge in [0.2, 0.25) is 10.0 Å². The minimum absolute atomic E-state index is 0.217. The summed E-state index contributed by atoms with van der Waals surface area (Å²) < 4.78 is 27.3. The van der Waals surface area contributed by atoms with Gasteiger partial charge in [-0.25, -0.2) is 13.1 Å². The average molecular weight is 306 g/mol. The molecular weight excluding hydrogens is 284 g/mol. The van der Waals surface area contributed by atoms with E-state index in [0.717, 1.165) is 0 Å². The molecule has 1 rings (SSSR count). The fourth-order valence-electron chi connectivity index (χ4n) is 1.46. The second-order valence-corrected chi connectivity index (χ2v) is 8.03. The highest BCUT2D eigenvalue weighted by Crippen LogP contribution is 2.27. The van der Waals surface area contributed by atoms with Gasteiger partial charge < -0.3 is 10.0 Å². The molecule has 1 heterocycles. The van der Waals surface area contributed by atoms with Crippen LogP contribution in [0.15, 0.2) is 10.3 Å².